The lowest BCUT2D eigenvalue weighted by atomic mass is 10.0. The Morgan fingerprint density at radius 2 is 1.90 bits per heavy atom. The van der Waals surface area contributed by atoms with Crippen molar-refractivity contribution in [3.8, 4) is 0 Å². The van der Waals surface area contributed by atoms with E-state index in [1.54, 1.807) is 0 Å². The van der Waals surface area contributed by atoms with E-state index >= 15 is 0 Å². The summed E-state index contributed by atoms with van der Waals surface area (Å²) in [6.07, 6.45) is 6.65. The topological polar surface area (TPSA) is 67.3 Å². The summed E-state index contributed by atoms with van der Waals surface area (Å²) >= 11 is 1.53. The Morgan fingerprint density at radius 3 is 2.57 bits per heavy atom. The smallest absolute Gasteiger partial charge is 0.237 e. The molecule has 116 valence electrons. The summed E-state index contributed by atoms with van der Waals surface area (Å²) in [7, 11) is 1.67. The second-order valence-corrected chi connectivity index (χ2v) is 9.56. The molecule has 0 spiro atoms. The highest BCUT2D eigenvalue weighted by molar-refractivity contribution is 8.14. The zero-order valence-corrected chi connectivity index (χ0v) is 13.9. The second-order valence-electron chi connectivity index (χ2n) is 5.59. The third-order valence-electron chi connectivity index (χ3n) is 4.05. The number of hydrogen-bond acceptors (Lipinski definition) is 5. The van der Waals surface area contributed by atoms with Gasteiger partial charge in [0.15, 0.2) is 5.13 Å². The van der Waals surface area contributed by atoms with Crippen LogP contribution in [0.1, 0.15) is 42.7 Å². The highest BCUT2D eigenvalue weighted by atomic mass is 35.7. The Morgan fingerprint density at radius 1 is 1.19 bits per heavy atom. The molecule has 0 bridgehead atoms. The van der Waals surface area contributed by atoms with E-state index < -0.39 is 14.3 Å². The first-order valence-corrected chi connectivity index (χ1v) is 10.4. The largest absolute Gasteiger partial charge is 0.287 e. The van der Waals surface area contributed by atoms with E-state index in [2.05, 4.69) is 4.98 Å². The highest BCUT2D eigenvalue weighted by Gasteiger charge is 2.39. The first-order chi connectivity index (χ1) is 9.95. The fourth-order valence-electron chi connectivity index (χ4n) is 2.86. The van der Waals surface area contributed by atoms with Crippen molar-refractivity contribution >= 4 is 42.1 Å². The van der Waals surface area contributed by atoms with Crippen LogP contribution in [0, 0.1) is 0 Å². The van der Waals surface area contributed by atoms with Gasteiger partial charge in [-0.25, -0.2) is 13.4 Å². The van der Waals surface area contributed by atoms with Crippen LogP contribution in [0.15, 0.2) is 0 Å². The van der Waals surface area contributed by atoms with Gasteiger partial charge in [0, 0.05) is 28.5 Å². The lowest BCUT2D eigenvalue weighted by Crippen LogP contribution is -2.26. The summed E-state index contributed by atoms with van der Waals surface area (Å²) in [5.41, 5.74) is 1.08. The number of aryl methyl sites for hydroxylation is 2. The van der Waals surface area contributed by atoms with Gasteiger partial charge in [-0.15, -0.1) is 11.3 Å². The molecule has 1 atom stereocenters. The highest BCUT2D eigenvalue weighted by Crippen LogP contribution is 2.34. The number of hydrogen-bond donors (Lipinski definition) is 0. The number of thiazole rings is 1. The average Bonchev–Trinajstić information content (AvgIpc) is 2.92. The molecule has 1 saturated heterocycles. The third kappa shape index (κ3) is 3.24. The lowest BCUT2D eigenvalue weighted by Gasteiger charge is -2.11. The van der Waals surface area contributed by atoms with E-state index in [4.69, 9.17) is 10.7 Å². The van der Waals surface area contributed by atoms with Crippen molar-refractivity contribution in [1.82, 2.24) is 4.98 Å². The molecule has 8 heteroatoms. The number of carbonyl (C=O) groups is 1. The first-order valence-electron chi connectivity index (χ1n) is 7.17. The Balaban J connectivity index is 1.84. The summed E-state index contributed by atoms with van der Waals surface area (Å²) in [6, 6.07) is 0. The third-order valence-corrected chi connectivity index (χ3v) is 7.10. The SMILES string of the molecule is O=C1CC(S(=O)(=O)Cl)CN1c1nc2c(s1)CCCCCC2. The number of halogens is 1. The molecule has 0 N–H and O–H groups in total. The van der Waals surface area contributed by atoms with Gasteiger partial charge in [-0.3, -0.25) is 9.69 Å². The van der Waals surface area contributed by atoms with Gasteiger partial charge >= 0.3 is 0 Å². The average molecular weight is 349 g/mol. The van der Waals surface area contributed by atoms with E-state index in [1.165, 1.54) is 34.0 Å². The normalized spacial score (nSPS) is 23.8. The number of fused-ring (bicyclic) bond motifs is 1. The minimum absolute atomic E-state index is 0.0456. The minimum atomic E-state index is -3.70. The summed E-state index contributed by atoms with van der Waals surface area (Å²) < 4.78 is 22.8. The van der Waals surface area contributed by atoms with Crippen LogP contribution in [0.5, 0.6) is 0 Å². The van der Waals surface area contributed by atoms with E-state index in [0.29, 0.717) is 5.13 Å². The van der Waals surface area contributed by atoms with Gasteiger partial charge in [0.25, 0.3) is 0 Å². The molecule has 1 aromatic rings. The van der Waals surface area contributed by atoms with Crippen molar-refractivity contribution in [2.24, 2.45) is 0 Å². The summed E-state index contributed by atoms with van der Waals surface area (Å²) in [6.45, 7) is 0.122. The molecule has 0 radical (unpaired) electrons. The fourth-order valence-corrected chi connectivity index (χ4v) is 5.06. The van der Waals surface area contributed by atoms with E-state index in [1.807, 2.05) is 0 Å². The van der Waals surface area contributed by atoms with Crippen molar-refractivity contribution in [3.05, 3.63) is 10.6 Å². The Hall–Kier alpha value is -0.660. The minimum Gasteiger partial charge on any atom is -0.287 e. The van der Waals surface area contributed by atoms with Gasteiger partial charge in [0.1, 0.15) is 5.25 Å². The zero-order chi connectivity index (χ0) is 15.0. The Bertz CT molecular complexity index is 631. The van der Waals surface area contributed by atoms with E-state index in [-0.39, 0.29) is 18.9 Å². The van der Waals surface area contributed by atoms with Crippen LogP contribution in [0.3, 0.4) is 0 Å². The number of rotatable bonds is 2. The monoisotopic (exact) mass is 348 g/mol. The van der Waals surface area contributed by atoms with Crippen molar-refractivity contribution < 1.29 is 13.2 Å². The quantitative estimate of drug-likeness (QED) is 0.770. The van der Waals surface area contributed by atoms with Crippen LogP contribution in [0.2, 0.25) is 0 Å². The molecule has 3 rings (SSSR count). The molecule has 1 unspecified atom stereocenters. The van der Waals surface area contributed by atoms with Crippen molar-refractivity contribution in [1.29, 1.82) is 0 Å². The number of carbonyl (C=O) groups excluding carboxylic acids is 1. The van der Waals surface area contributed by atoms with Crippen molar-refractivity contribution in [3.63, 3.8) is 0 Å². The standard InChI is InChI=1S/C13H17ClN2O3S2/c14-21(18,19)9-7-12(17)16(8-9)13-15-10-5-3-1-2-4-6-11(10)20-13/h9H,1-8H2. The maximum absolute atomic E-state index is 12.0. The van der Waals surface area contributed by atoms with Gasteiger partial charge in [-0.05, 0) is 25.7 Å². The van der Waals surface area contributed by atoms with Crippen LogP contribution in [-0.4, -0.2) is 31.1 Å². The summed E-state index contributed by atoms with van der Waals surface area (Å²) in [4.78, 5) is 19.4. The molecule has 2 aliphatic rings. The molecule has 1 aromatic heterocycles. The predicted octanol–water partition coefficient (Wildman–Crippen LogP) is 2.48. The molecule has 21 heavy (non-hydrogen) atoms. The molecule has 5 nitrogen and oxygen atoms in total. The van der Waals surface area contributed by atoms with Gasteiger partial charge in [-0.2, -0.15) is 0 Å². The number of anilines is 1. The van der Waals surface area contributed by atoms with Crippen LogP contribution in [0.4, 0.5) is 5.13 Å². The maximum Gasteiger partial charge on any atom is 0.237 e. The Kier molecular flexibility index (Phi) is 4.25. The number of aromatic nitrogens is 1. The molecular weight excluding hydrogens is 332 g/mol. The summed E-state index contributed by atoms with van der Waals surface area (Å²) in [5, 5.41) is -0.187. The molecule has 1 fully saturated rings. The molecule has 1 amide bonds. The first kappa shape index (κ1) is 15.2. The predicted molar refractivity (Wildman–Crippen MR) is 83.5 cm³/mol. The van der Waals surface area contributed by atoms with E-state index in [0.717, 1.165) is 31.4 Å². The fraction of sp³-hybridized carbons (Fsp3) is 0.692. The lowest BCUT2D eigenvalue weighted by molar-refractivity contribution is -0.117. The number of nitrogens with zero attached hydrogens (tertiary/aromatic N) is 2. The molecule has 0 saturated carbocycles. The van der Waals surface area contributed by atoms with Crippen LogP contribution in [0.25, 0.3) is 0 Å². The van der Waals surface area contributed by atoms with Crippen molar-refractivity contribution in [2.75, 3.05) is 11.4 Å². The molecule has 1 aliphatic heterocycles. The van der Waals surface area contributed by atoms with Crippen LogP contribution in [-0.2, 0) is 26.7 Å². The van der Waals surface area contributed by atoms with Crippen LogP contribution >= 0.6 is 22.0 Å². The number of amides is 1. The molecular formula is C13H17ClN2O3S2. The van der Waals surface area contributed by atoms with Gasteiger partial charge in [0.05, 0.1) is 5.69 Å². The van der Waals surface area contributed by atoms with Crippen molar-refractivity contribution in [2.45, 2.75) is 50.2 Å². The van der Waals surface area contributed by atoms with Gasteiger partial charge in [-0.1, -0.05) is 12.8 Å². The molecule has 2 heterocycles. The van der Waals surface area contributed by atoms with E-state index in [9.17, 15) is 13.2 Å². The summed E-state index contributed by atoms with van der Waals surface area (Å²) in [5.74, 6) is -0.203. The van der Waals surface area contributed by atoms with Gasteiger partial charge in [0.2, 0.25) is 15.0 Å². The van der Waals surface area contributed by atoms with Gasteiger partial charge < -0.3 is 0 Å². The van der Waals surface area contributed by atoms with Crippen LogP contribution < -0.4 is 4.90 Å². The molecule has 1 aliphatic carbocycles. The Labute approximate surface area is 132 Å². The maximum atomic E-state index is 12.0. The molecule has 0 aromatic carbocycles. The second kappa shape index (κ2) is 5.85. The zero-order valence-electron chi connectivity index (χ0n) is 11.5.